The van der Waals surface area contributed by atoms with Crippen LogP contribution >= 0.6 is 0 Å². The van der Waals surface area contributed by atoms with E-state index in [-0.39, 0.29) is 24.0 Å². The number of aromatic nitrogens is 1. The number of ether oxygens (including phenoxy) is 2. The van der Waals surface area contributed by atoms with Crippen LogP contribution in [0.25, 0.3) is 0 Å². The zero-order chi connectivity index (χ0) is 18.8. The summed E-state index contributed by atoms with van der Waals surface area (Å²) in [6, 6.07) is 10.0. The Morgan fingerprint density at radius 3 is 2.81 bits per heavy atom. The maximum atomic E-state index is 12.0. The topological polar surface area (TPSA) is 77.5 Å². The quantitative estimate of drug-likeness (QED) is 0.461. The van der Waals surface area contributed by atoms with Gasteiger partial charge in [0.2, 0.25) is 11.8 Å². The summed E-state index contributed by atoms with van der Waals surface area (Å²) in [6.45, 7) is 3.85. The fourth-order valence-corrected chi connectivity index (χ4v) is 2.02. The first-order valence-corrected chi connectivity index (χ1v) is 8.14. The Hall–Kier alpha value is -3.41. The van der Waals surface area contributed by atoms with Crippen molar-refractivity contribution in [1.82, 2.24) is 4.98 Å². The zero-order valence-electron chi connectivity index (χ0n) is 14.6. The molecule has 1 N–H and O–H groups in total. The van der Waals surface area contributed by atoms with Crippen LogP contribution in [-0.4, -0.2) is 23.5 Å². The summed E-state index contributed by atoms with van der Waals surface area (Å²) in [6.07, 6.45) is 8.18. The number of anilines is 1. The van der Waals surface area contributed by atoms with Crippen molar-refractivity contribution in [2.24, 2.45) is 0 Å². The van der Waals surface area contributed by atoms with Gasteiger partial charge in [0, 0.05) is 24.0 Å². The summed E-state index contributed by atoms with van der Waals surface area (Å²) in [4.78, 5) is 27.9. The normalized spacial score (nSPS) is 10.8. The van der Waals surface area contributed by atoms with E-state index in [0.29, 0.717) is 11.4 Å². The molecular weight excluding hydrogens is 332 g/mol. The Balaban J connectivity index is 2.14. The molecule has 1 heterocycles. The van der Waals surface area contributed by atoms with Crippen molar-refractivity contribution in [2.45, 2.75) is 13.8 Å². The van der Waals surface area contributed by atoms with Crippen molar-refractivity contribution in [3.8, 4) is 11.6 Å². The Labute approximate surface area is 152 Å². The van der Waals surface area contributed by atoms with Crippen LogP contribution in [0.5, 0.6) is 11.6 Å². The molecule has 2 aromatic rings. The number of esters is 1. The van der Waals surface area contributed by atoms with Crippen LogP contribution in [0, 0.1) is 0 Å². The molecule has 1 amide bonds. The number of pyridine rings is 1. The minimum absolute atomic E-state index is 0.141. The van der Waals surface area contributed by atoms with Gasteiger partial charge in [0.15, 0.2) is 0 Å². The number of carbonyl (C=O) groups is 2. The first-order chi connectivity index (χ1) is 12.6. The summed E-state index contributed by atoms with van der Waals surface area (Å²) in [7, 11) is 0. The summed E-state index contributed by atoms with van der Waals surface area (Å²) in [5, 5.41) is 2.73. The van der Waals surface area contributed by atoms with Crippen LogP contribution in [0.15, 0.2) is 66.9 Å². The molecule has 0 saturated carbocycles. The number of hydrogen-bond donors (Lipinski definition) is 1. The average Bonchev–Trinajstić information content (AvgIpc) is 2.63. The Morgan fingerprint density at radius 1 is 1.19 bits per heavy atom. The maximum Gasteiger partial charge on any atom is 0.343 e. The molecule has 0 saturated heterocycles. The fourth-order valence-electron chi connectivity index (χ4n) is 2.02. The number of benzene rings is 1. The van der Waals surface area contributed by atoms with Gasteiger partial charge >= 0.3 is 5.97 Å². The Morgan fingerprint density at radius 2 is 2.04 bits per heavy atom. The third-order valence-corrected chi connectivity index (χ3v) is 3.13. The van der Waals surface area contributed by atoms with Crippen molar-refractivity contribution in [3.05, 3.63) is 72.5 Å². The van der Waals surface area contributed by atoms with Crippen molar-refractivity contribution in [3.63, 3.8) is 0 Å². The molecule has 0 fully saturated rings. The molecule has 0 radical (unpaired) electrons. The highest BCUT2D eigenvalue weighted by Crippen LogP contribution is 2.25. The van der Waals surface area contributed by atoms with Gasteiger partial charge in [0.1, 0.15) is 11.3 Å². The highest BCUT2D eigenvalue weighted by molar-refractivity contribution is 5.99. The Bertz CT molecular complexity index is 828. The summed E-state index contributed by atoms with van der Waals surface area (Å²) in [5.41, 5.74) is 0.796. The molecule has 2 rings (SSSR count). The van der Waals surface area contributed by atoms with Gasteiger partial charge in [-0.1, -0.05) is 24.3 Å². The van der Waals surface area contributed by atoms with Crippen molar-refractivity contribution in [2.75, 3.05) is 11.9 Å². The molecule has 26 heavy (non-hydrogen) atoms. The monoisotopic (exact) mass is 352 g/mol. The van der Waals surface area contributed by atoms with E-state index < -0.39 is 5.97 Å². The molecule has 134 valence electrons. The molecule has 1 aromatic carbocycles. The number of rotatable bonds is 7. The zero-order valence-corrected chi connectivity index (χ0v) is 14.6. The number of nitrogens with zero attached hydrogens (tertiary/aromatic N) is 1. The van der Waals surface area contributed by atoms with Crippen LogP contribution < -0.4 is 10.1 Å². The van der Waals surface area contributed by atoms with Gasteiger partial charge in [-0.05, 0) is 38.1 Å². The van der Waals surface area contributed by atoms with Gasteiger partial charge in [-0.15, -0.1) is 0 Å². The lowest BCUT2D eigenvalue weighted by Crippen LogP contribution is -2.08. The third kappa shape index (κ3) is 5.59. The second-order valence-corrected chi connectivity index (χ2v) is 5.08. The molecule has 1 aromatic heterocycles. The Kier molecular flexibility index (Phi) is 7.12. The maximum absolute atomic E-state index is 12.0. The fraction of sp³-hybridized carbons (Fsp3) is 0.150. The molecule has 0 aliphatic rings. The highest BCUT2D eigenvalue weighted by Gasteiger charge is 2.15. The van der Waals surface area contributed by atoms with E-state index in [1.165, 1.54) is 12.3 Å². The first kappa shape index (κ1) is 18.9. The predicted molar refractivity (Wildman–Crippen MR) is 99.3 cm³/mol. The van der Waals surface area contributed by atoms with E-state index in [9.17, 15) is 9.59 Å². The minimum Gasteiger partial charge on any atom is -0.462 e. The number of allylic oxidation sites excluding steroid dienone is 3. The van der Waals surface area contributed by atoms with E-state index in [1.807, 2.05) is 13.0 Å². The molecule has 0 aliphatic carbocycles. The smallest absolute Gasteiger partial charge is 0.343 e. The lowest BCUT2D eigenvalue weighted by atomic mass is 10.2. The second-order valence-electron chi connectivity index (χ2n) is 5.08. The summed E-state index contributed by atoms with van der Waals surface area (Å²) >= 11 is 0. The van der Waals surface area contributed by atoms with Gasteiger partial charge in [-0.3, -0.25) is 4.79 Å². The van der Waals surface area contributed by atoms with Crippen LogP contribution in [0.1, 0.15) is 24.2 Å². The van der Waals surface area contributed by atoms with Crippen LogP contribution in [-0.2, 0) is 9.53 Å². The molecular formula is C20H20N2O4. The lowest BCUT2D eigenvalue weighted by Gasteiger charge is -2.10. The van der Waals surface area contributed by atoms with Crippen LogP contribution in [0.3, 0.4) is 0 Å². The van der Waals surface area contributed by atoms with E-state index >= 15 is 0 Å². The lowest BCUT2D eigenvalue weighted by molar-refractivity contribution is -0.111. The molecule has 0 aliphatic heterocycles. The number of hydrogen-bond acceptors (Lipinski definition) is 5. The van der Waals surface area contributed by atoms with E-state index in [2.05, 4.69) is 10.3 Å². The average molecular weight is 352 g/mol. The summed E-state index contributed by atoms with van der Waals surface area (Å²) in [5.74, 6) is -0.189. The molecule has 6 heteroatoms. The second kappa shape index (κ2) is 9.78. The van der Waals surface area contributed by atoms with E-state index in [1.54, 1.807) is 55.5 Å². The van der Waals surface area contributed by atoms with Crippen molar-refractivity contribution in [1.29, 1.82) is 0 Å². The van der Waals surface area contributed by atoms with Gasteiger partial charge in [-0.25, -0.2) is 9.78 Å². The highest BCUT2D eigenvalue weighted by atomic mass is 16.5. The molecule has 0 unspecified atom stereocenters. The largest absolute Gasteiger partial charge is 0.462 e. The van der Waals surface area contributed by atoms with Gasteiger partial charge in [0.05, 0.1) is 6.61 Å². The molecule has 0 atom stereocenters. The summed E-state index contributed by atoms with van der Waals surface area (Å²) < 4.78 is 10.7. The first-order valence-electron chi connectivity index (χ1n) is 8.14. The van der Waals surface area contributed by atoms with Gasteiger partial charge < -0.3 is 14.8 Å². The van der Waals surface area contributed by atoms with Crippen LogP contribution in [0.2, 0.25) is 0 Å². The molecule has 0 spiro atoms. The van der Waals surface area contributed by atoms with E-state index in [0.717, 1.165) is 0 Å². The standard InChI is InChI=1S/C20H20N2O4/c1-3-5-6-12-18(23)22-15-9-7-10-16(14-15)26-19-17(11-8-13-21-19)20(24)25-4-2/h3,5-14H,4H2,1-2H3,(H,22,23)/b5-3+,12-6+. The molecule has 6 nitrogen and oxygen atoms in total. The molecule has 0 bridgehead atoms. The van der Waals surface area contributed by atoms with Gasteiger partial charge in [0.25, 0.3) is 0 Å². The van der Waals surface area contributed by atoms with Crippen molar-refractivity contribution >= 4 is 17.6 Å². The minimum atomic E-state index is -0.505. The number of nitrogens with one attached hydrogen (secondary N) is 1. The predicted octanol–water partition coefficient (Wildman–Crippen LogP) is 4.12. The SMILES string of the molecule is C/C=C/C=C/C(=O)Nc1cccc(Oc2ncccc2C(=O)OCC)c1. The van der Waals surface area contributed by atoms with Crippen molar-refractivity contribution < 1.29 is 19.1 Å². The van der Waals surface area contributed by atoms with Gasteiger partial charge in [-0.2, -0.15) is 0 Å². The number of carbonyl (C=O) groups excluding carboxylic acids is 2. The third-order valence-electron chi connectivity index (χ3n) is 3.13. The van der Waals surface area contributed by atoms with Crippen LogP contribution in [0.4, 0.5) is 5.69 Å². The number of amides is 1. The van der Waals surface area contributed by atoms with E-state index in [4.69, 9.17) is 9.47 Å².